The highest BCUT2D eigenvalue weighted by Crippen LogP contribution is 2.31. The van der Waals surface area contributed by atoms with Crippen molar-refractivity contribution in [3.63, 3.8) is 0 Å². The van der Waals surface area contributed by atoms with Gasteiger partial charge in [0.1, 0.15) is 0 Å². The van der Waals surface area contributed by atoms with Gasteiger partial charge in [-0.25, -0.2) is 0 Å². The number of nitrogens with one attached hydrogen (secondary N) is 1. The van der Waals surface area contributed by atoms with Crippen molar-refractivity contribution in [2.45, 2.75) is 19.3 Å². The van der Waals surface area contributed by atoms with Gasteiger partial charge in [0.2, 0.25) is 0 Å². The Labute approximate surface area is 159 Å². The van der Waals surface area contributed by atoms with E-state index in [0.717, 1.165) is 32.4 Å². The number of carbonyl (C=O) groups is 2. The molecule has 1 fully saturated rings. The van der Waals surface area contributed by atoms with E-state index in [9.17, 15) is 9.59 Å². The highest BCUT2D eigenvalue weighted by Gasteiger charge is 2.22. The second-order valence-corrected chi connectivity index (χ2v) is 6.39. The summed E-state index contributed by atoms with van der Waals surface area (Å²) in [4.78, 5) is 27.6. The zero-order valence-corrected chi connectivity index (χ0v) is 15.7. The van der Waals surface area contributed by atoms with E-state index in [0.29, 0.717) is 28.3 Å². The molecule has 0 aliphatic carbocycles. The van der Waals surface area contributed by atoms with Crippen LogP contribution in [0.4, 0.5) is 5.69 Å². The van der Waals surface area contributed by atoms with Gasteiger partial charge in [-0.15, -0.1) is 0 Å². The monoisotopic (exact) mass is 368 g/mol. The molecular weight excluding hydrogens is 344 g/mol. The molecule has 2 amide bonds. The topological polar surface area (TPSA) is 67.9 Å². The summed E-state index contributed by atoms with van der Waals surface area (Å²) in [5.41, 5.74) is 1.33. The minimum Gasteiger partial charge on any atom is -0.493 e. The van der Waals surface area contributed by atoms with Crippen LogP contribution in [0.1, 0.15) is 40.0 Å². The lowest BCUT2D eigenvalue weighted by atomic mass is 10.1. The van der Waals surface area contributed by atoms with Gasteiger partial charge in [0.25, 0.3) is 11.8 Å². The Balaban J connectivity index is 1.86. The van der Waals surface area contributed by atoms with Crippen LogP contribution in [-0.2, 0) is 0 Å². The molecule has 1 saturated heterocycles. The molecule has 0 bridgehead atoms. The molecule has 2 aromatic carbocycles. The molecule has 1 N–H and O–H groups in total. The minimum absolute atomic E-state index is 0.0526. The predicted molar refractivity (Wildman–Crippen MR) is 104 cm³/mol. The van der Waals surface area contributed by atoms with Crippen molar-refractivity contribution in [1.82, 2.24) is 4.90 Å². The number of anilines is 1. The average Bonchev–Trinajstić information content (AvgIpc) is 2.73. The Morgan fingerprint density at radius 1 is 0.889 bits per heavy atom. The standard InChI is InChI=1S/C21H24N2O4/c1-26-18-12-8-10-16(19(18)27-2)20(24)22-17-11-5-4-9-15(17)21(25)23-13-6-3-7-14-23/h4-5,8-12H,3,6-7,13-14H2,1-2H3,(H,22,24). The third kappa shape index (κ3) is 4.05. The Kier molecular flexibility index (Phi) is 5.96. The van der Waals surface area contributed by atoms with Gasteiger partial charge in [-0.1, -0.05) is 18.2 Å². The number of piperidine rings is 1. The van der Waals surface area contributed by atoms with Crippen molar-refractivity contribution in [1.29, 1.82) is 0 Å². The molecule has 0 aromatic heterocycles. The van der Waals surface area contributed by atoms with Crippen LogP contribution in [0.25, 0.3) is 0 Å². The summed E-state index contributed by atoms with van der Waals surface area (Å²) < 4.78 is 10.6. The number of rotatable bonds is 5. The fourth-order valence-electron chi connectivity index (χ4n) is 3.30. The van der Waals surface area contributed by atoms with Gasteiger partial charge in [0.05, 0.1) is 31.0 Å². The van der Waals surface area contributed by atoms with Gasteiger partial charge in [-0.05, 0) is 43.5 Å². The summed E-state index contributed by atoms with van der Waals surface area (Å²) in [6, 6.07) is 12.2. The molecule has 6 nitrogen and oxygen atoms in total. The Morgan fingerprint density at radius 3 is 2.30 bits per heavy atom. The van der Waals surface area contributed by atoms with Crippen molar-refractivity contribution in [2.24, 2.45) is 0 Å². The molecule has 27 heavy (non-hydrogen) atoms. The van der Waals surface area contributed by atoms with Gasteiger partial charge in [-0.2, -0.15) is 0 Å². The second kappa shape index (κ2) is 8.58. The van der Waals surface area contributed by atoms with E-state index in [-0.39, 0.29) is 11.8 Å². The largest absolute Gasteiger partial charge is 0.493 e. The molecule has 1 aliphatic rings. The molecule has 0 atom stereocenters. The summed E-state index contributed by atoms with van der Waals surface area (Å²) in [5, 5.41) is 2.85. The van der Waals surface area contributed by atoms with Crippen LogP contribution in [0, 0.1) is 0 Å². The lowest BCUT2D eigenvalue weighted by Gasteiger charge is -2.27. The van der Waals surface area contributed by atoms with Crippen LogP contribution in [0.15, 0.2) is 42.5 Å². The number of methoxy groups -OCH3 is 2. The van der Waals surface area contributed by atoms with Crippen LogP contribution in [0.2, 0.25) is 0 Å². The smallest absolute Gasteiger partial charge is 0.259 e. The predicted octanol–water partition coefficient (Wildman–Crippen LogP) is 3.58. The lowest BCUT2D eigenvalue weighted by Crippen LogP contribution is -2.36. The van der Waals surface area contributed by atoms with Crippen LogP contribution in [-0.4, -0.2) is 44.0 Å². The first kappa shape index (κ1) is 18.8. The minimum atomic E-state index is -0.357. The third-order valence-electron chi connectivity index (χ3n) is 4.70. The number of ether oxygens (including phenoxy) is 2. The molecule has 142 valence electrons. The summed E-state index contributed by atoms with van der Waals surface area (Å²) in [6.07, 6.45) is 3.18. The van der Waals surface area contributed by atoms with E-state index < -0.39 is 0 Å². The Morgan fingerprint density at radius 2 is 1.59 bits per heavy atom. The molecule has 0 unspecified atom stereocenters. The van der Waals surface area contributed by atoms with Gasteiger partial charge in [-0.3, -0.25) is 9.59 Å². The van der Waals surface area contributed by atoms with E-state index in [1.165, 1.54) is 14.2 Å². The molecule has 0 saturated carbocycles. The first-order valence-electron chi connectivity index (χ1n) is 9.06. The summed E-state index contributed by atoms with van der Waals surface area (Å²) in [6.45, 7) is 1.51. The number of hydrogen-bond acceptors (Lipinski definition) is 4. The van der Waals surface area contributed by atoms with E-state index >= 15 is 0 Å². The molecule has 0 radical (unpaired) electrons. The molecular formula is C21H24N2O4. The first-order chi connectivity index (χ1) is 13.2. The Hall–Kier alpha value is -3.02. The van der Waals surface area contributed by atoms with Crippen LogP contribution >= 0.6 is 0 Å². The molecule has 3 rings (SSSR count). The van der Waals surface area contributed by atoms with Crippen LogP contribution < -0.4 is 14.8 Å². The highest BCUT2D eigenvalue weighted by atomic mass is 16.5. The number of nitrogens with zero attached hydrogens (tertiary/aromatic N) is 1. The fraction of sp³-hybridized carbons (Fsp3) is 0.333. The number of likely N-dealkylation sites (tertiary alicyclic amines) is 1. The van der Waals surface area contributed by atoms with E-state index in [1.807, 2.05) is 4.90 Å². The lowest BCUT2D eigenvalue weighted by molar-refractivity contribution is 0.0725. The van der Waals surface area contributed by atoms with Crippen LogP contribution in [0.3, 0.4) is 0 Å². The van der Waals surface area contributed by atoms with Gasteiger partial charge in [0, 0.05) is 13.1 Å². The van der Waals surface area contributed by atoms with Crippen molar-refractivity contribution in [3.8, 4) is 11.5 Å². The van der Waals surface area contributed by atoms with E-state index in [2.05, 4.69) is 5.32 Å². The van der Waals surface area contributed by atoms with Crippen molar-refractivity contribution in [3.05, 3.63) is 53.6 Å². The number of para-hydroxylation sites is 2. The van der Waals surface area contributed by atoms with Gasteiger partial charge < -0.3 is 19.7 Å². The zero-order valence-electron chi connectivity index (χ0n) is 15.7. The maximum atomic E-state index is 12.9. The van der Waals surface area contributed by atoms with E-state index in [4.69, 9.17) is 9.47 Å². The Bertz CT molecular complexity index is 829. The first-order valence-corrected chi connectivity index (χ1v) is 9.06. The van der Waals surface area contributed by atoms with Gasteiger partial charge >= 0.3 is 0 Å². The van der Waals surface area contributed by atoms with E-state index in [1.54, 1.807) is 42.5 Å². The normalized spacial score (nSPS) is 13.8. The molecule has 0 spiro atoms. The number of benzene rings is 2. The number of amides is 2. The highest BCUT2D eigenvalue weighted by molar-refractivity contribution is 6.10. The molecule has 2 aromatic rings. The van der Waals surface area contributed by atoms with Crippen molar-refractivity contribution < 1.29 is 19.1 Å². The molecule has 6 heteroatoms. The number of carbonyl (C=O) groups excluding carboxylic acids is 2. The second-order valence-electron chi connectivity index (χ2n) is 6.39. The maximum Gasteiger partial charge on any atom is 0.259 e. The quantitative estimate of drug-likeness (QED) is 0.876. The summed E-state index contributed by atoms with van der Waals surface area (Å²) >= 11 is 0. The SMILES string of the molecule is COc1cccc(C(=O)Nc2ccccc2C(=O)N2CCCCC2)c1OC. The van der Waals surface area contributed by atoms with Crippen LogP contribution in [0.5, 0.6) is 11.5 Å². The molecule has 1 aliphatic heterocycles. The average molecular weight is 368 g/mol. The van der Waals surface area contributed by atoms with Crippen molar-refractivity contribution in [2.75, 3.05) is 32.6 Å². The van der Waals surface area contributed by atoms with Crippen molar-refractivity contribution >= 4 is 17.5 Å². The maximum absolute atomic E-state index is 12.9. The third-order valence-corrected chi connectivity index (χ3v) is 4.70. The zero-order chi connectivity index (χ0) is 19.2. The summed E-state index contributed by atoms with van der Waals surface area (Å²) in [7, 11) is 3.01. The molecule has 1 heterocycles. The van der Waals surface area contributed by atoms with Gasteiger partial charge in [0.15, 0.2) is 11.5 Å². The number of hydrogen-bond donors (Lipinski definition) is 1. The summed E-state index contributed by atoms with van der Waals surface area (Å²) in [5.74, 6) is 0.424. The fourth-order valence-corrected chi connectivity index (χ4v) is 3.30.